The number of aromatic nitrogens is 2. The lowest BCUT2D eigenvalue weighted by Crippen LogP contribution is -2.40. The molecule has 0 saturated carbocycles. The summed E-state index contributed by atoms with van der Waals surface area (Å²) in [5, 5.41) is 29.8. The third-order valence-electron chi connectivity index (χ3n) is 12.2. The van der Waals surface area contributed by atoms with E-state index in [0.717, 1.165) is 38.8 Å². The fraction of sp³-hybridized carbons (Fsp3) is 0. The van der Waals surface area contributed by atoms with Crippen LogP contribution in [0.25, 0.3) is 105 Å². The highest BCUT2D eigenvalue weighted by molar-refractivity contribution is 6.59. The second kappa shape index (κ2) is 12.0. The molecule has 0 spiro atoms. The largest absolute Gasteiger partial charge is 0.505 e. The van der Waals surface area contributed by atoms with Crippen LogP contribution in [0.3, 0.4) is 0 Å². The third-order valence-corrected chi connectivity index (χ3v) is 12.2. The van der Waals surface area contributed by atoms with E-state index >= 15 is 0 Å². The van der Waals surface area contributed by atoms with Gasteiger partial charge in [-0.1, -0.05) is 144 Å². The van der Waals surface area contributed by atoms with Crippen molar-refractivity contribution in [3.63, 3.8) is 0 Å². The molecular weight excluding hydrogens is 681 g/mol. The van der Waals surface area contributed by atoms with E-state index in [2.05, 4.69) is 138 Å². The molecule has 9 aromatic carbocycles. The zero-order valence-corrected chi connectivity index (χ0v) is 31.2. The van der Waals surface area contributed by atoms with Gasteiger partial charge in [-0.25, -0.2) is 4.98 Å². The lowest BCUT2D eigenvalue weighted by Gasteiger charge is -2.20. The molecule has 4 nitrogen and oxygen atoms in total. The van der Waals surface area contributed by atoms with Crippen LogP contribution in [0.1, 0.15) is 0 Å². The van der Waals surface area contributed by atoms with Gasteiger partial charge in [-0.3, -0.25) is 4.57 Å². The monoisotopic (exact) mass is 714 g/mol. The zero-order chi connectivity index (χ0) is 37.8. The van der Waals surface area contributed by atoms with Gasteiger partial charge >= 0.3 is 0 Å². The Balaban J connectivity index is 1.18. The van der Waals surface area contributed by atoms with Crippen molar-refractivity contribution in [1.82, 2.24) is 9.55 Å². The minimum atomic E-state index is -0.155. The molecule has 0 amide bonds. The average Bonchev–Trinajstić information content (AvgIpc) is 3.78. The summed E-state index contributed by atoms with van der Waals surface area (Å²) in [4.78, 5) is 5.09. The van der Waals surface area contributed by atoms with Crippen LogP contribution in [0.5, 0.6) is 11.5 Å². The van der Waals surface area contributed by atoms with Crippen molar-refractivity contribution in [2.75, 3.05) is 0 Å². The third kappa shape index (κ3) is 4.43. The number of nitrogens with zero attached hydrogens (tertiary/aromatic N) is 2. The lowest BCUT2D eigenvalue weighted by atomic mass is 9.69. The Morgan fingerprint density at radius 3 is 1.70 bits per heavy atom. The summed E-state index contributed by atoms with van der Waals surface area (Å²) in [5.41, 5.74) is 15.5. The standard InChI is InChI=1S/C49H33B3N2O2/c50-44-43(47(55)48(56)46(52)45(44)51)49-53-38-21-7-8-22-39(38)54(49)27-12-9-11-26(25-27)40-31-15-3-5-17-33(31)42(34-18-6-4-16-32(34)40)37-24-23-36-29-14-2-1-13-28(29)30-19-10-20-35(37)41(30)36/h1-25,55-56H,50-52H2. The van der Waals surface area contributed by atoms with Crippen molar-refractivity contribution in [3.8, 4) is 73.1 Å². The summed E-state index contributed by atoms with van der Waals surface area (Å²) in [6.45, 7) is 0. The molecule has 0 atom stereocenters. The first-order valence-corrected chi connectivity index (χ1v) is 19.1. The minimum Gasteiger partial charge on any atom is -0.505 e. The Morgan fingerprint density at radius 1 is 0.429 bits per heavy atom. The molecule has 1 heterocycles. The fourth-order valence-corrected chi connectivity index (χ4v) is 9.41. The summed E-state index contributed by atoms with van der Waals surface area (Å²) >= 11 is 0. The number of para-hydroxylation sites is 2. The molecule has 1 aliphatic rings. The van der Waals surface area contributed by atoms with Crippen LogP contribution < -0.4 is 16.4 Å². The van der Waals surface area contributed by atoms with Gasteiger partial charge in [-0.15, -0.1) is 0 Å². The molecule has 260 valence electrons. The average molecular weight is 714 g/mol. The number of hydrogen-bond donors (Lipinski definition) is 2. The van der Waals surface area contributed by atoms with Crippen molar-refractivity contribution in [1.29, 1.82) is 0 Å². The maximum atomic E-state index is 11.5. The van der Waals surface area contributed by atoms with Crippen LogP contribution >= 0.6 is 0 Å². The maximum Gasteiger partial charge on any atom is 0.167 e. The van der Waals surface area contributed by atoms with Gasteiger partial charge in [-0.05, 0) is 101 Å². The minimum absolute atomic E-state index is 0.113. The van der Waals surface area contributed by atoms with E-state index < -0.39 is 0 Å². The molecule has 0 fully saturated rings. The summed E-state index contributed by atoms with van der Waals surface area (Å²) < 4.78 is 2.11. The van der Waals surface area contributed by atoms with Crippen molar-refractivity contribution in [3.05, 3.63) is 152 Å². The van der Waals surface area contributed by atoms with Crippen molar-refractivity contribution in [2.45, 2.75) is 0 Å². The lowest BCUT2D eigenvalue weighted by molar-refractivity contribution is 0.408. The van der Waals surface area contributed by atoms with Crippen LogP contribution in [0, 0.1) is 0 Å². The van der Waals surface area contributed by atoms with E-state index in [1.807, 2.05) is 41.7 Å². The normalized spacial score (nSPS) is 11.9. The van der Waals surface area contributed by atoms with Gasteiger partial charge in [0.25, 0.3) is 0 Å². The molecule has 11 rings (SSSR count). The maximum absolute atomic E-state index is 11.5. The van der Waals surface area contributed by atoms with E-state index in [0.29, 0.717) is 16.9 Å². The first kappa shape index (κ1) is 32.5. The van der Waals surface area contributed by atoms with Gasteiger partial charge in [0, 0.05) is 5.69 Å². The Hall–Kier alpha value is -6.98. The molecule has 7 heteroatoms. The number of benzene rings is 9. The Morgan fingerprint density at radius 2 is 0.982 bits per heavy atom. The fourth-order valence-electron chi connectivity index (χ4n) is 9.41. The van der Waals surface area contributed by atoms with Crippen LogP contribution in [-0.2, 0) is 0 Å². The Bertz CT molecular complexity index is 3220. The van der Waals surface area contributed by atoms with Gasteiger partial charge in [0.2, 0.25) is 0 Å². The summed E-state index contributed by atoms with van der Waals surface area (Å²) in [6, 6.07) is 54.4. The summed E-state index contributed by atoms with van der Waals surface area (Å²) in [5.74, 6) is 0.312. The predicted octanol–water partition coefficient (Wildman–Crippen LogP) is 7.32. The van der Waals surface area contributed by atoms with Crippen LogP contribution in [0.15, 0.2) is 152 Å². The number of rotatable bonds is 4. The van der Waals surface area contributed by atoms with E-state index in [1.165, 1.54) is 65.7 Å². The highest BCUT2D eigenvalue weighted by Crippen LogP contribution is 2.52. The van der Waals surface area contributed by atoms with Crippen molar-refractivity contribution in [2.24, 2.45) is 0 Å². The topological polar surface area (TPSA) is 58.3 Å². The van der Waals surface area contributed by atoms with Gasteiger partial charge in [0.1, 0.15) is 29.4 Å². The molecule has 10 aromatic rings. The van der Waals surface area contributed by atoms with Crippen molar-refractivity contribution < 1.29 is 10.2 Å². The molecule has 0 aliphatic heterocycles. The molecule has 2 N–H and O–H groups in total. The Kier molecular flexibility index (Phi) is 6.96. The number of fused-ring (bicyclic) bond motifs is 6. The zero-order valence-electron chi connectivity index (χ0n) is 31.2. The molecule has 56 heavy (non-hydrogen) atoms. The molecule has 0 bridgehead atoms. The van der Waals surface area contributed by atoms with Gasteiger partial charge in [0.15, 0.2) is 11.5 Å². The van der Waals surface area contributed by atoms with E-state index in [-0.39, 0.29) is 11.5 Å². The van der Waals surface area contributed by atoms with Crippen LogP contribution in [-0.4, -0.2) is 43.3 Å². The molecular formula is C49H33B3N2O2. The summed E-state index contributed by atoms with van der Waals surface area (Å²) in [6.07, 6.45) is 0. The second-order valence-electron chi connectivity index (χ2n) is 15.0. The van der Waals surface area contributed by atoms with Gasteiger partial charge < -0.3 is 10.2 Å². The highest BCUT2D eigenvalue weighted by Gasteiger charge is 2.26. The number of hydrogen-bond acceptors (Lipinski definition) is 3. The molecule has 1 aromatic heterocycles. The van der Waals surface area contributed by atoms with Gasteiger partial charge in [-0.2, -0.15) is 0 Å². The highest BCUT2D eigenvalue weighted by atomic mass is 16.3. The SMILES string of the molecule is Bc1c(B)c(O)c(O)c(-c2nc3ccccc3n2-c2cccc(-c3c4ccccc4c(-c4ccc5c6c(cccc46)-c4ccccc4-5)c4ccccc34)c2)c1B. The van der Waals surface area contributed by atoms with E-state index in [4.69, 9.17) is 4.98 Å². The van der Waals surface area contributed by atoms with Crippen LogP contribution in [0.4, 0.5) is 0 Å². The quantitative estimate of drug-likeness (QED) is 0.114. The molecule has 0 unspecified atom stereocenters. The van der Waals surface area contributed by atoms with E-state index in [9.17, 15) is 10.2 Å². The smallest absolute Gasteiger partial charge is 0.167 e. The predicted molar refractivity (Wildman–Crippen MR) is 242 cm³/mol. The number of aromatic hydroxyl groups is 2. The number of phenolic OH excluding ortho intramolecular Hbond substituents is 2. The first-order chi connectivity index (χ1) is 27.4. The molecule has 1 aliphatic carbocycles. The van der Waals surface area contributed by atoms with Gasteiger partial charge in [0.05, 0.1) is 16.6 Å². The summed E-state index contributed by atoms with van der Waals surface area (Å²) in [7, 11) is 5.79. The molecule has 0 radical (unpaired) electrons. The Labute approximate surface area is 326 Å². The second-order valence-corrected chi connectivity index (χ2v) is 15.0. The molecule has 0 saturated heterocycles. The number of phenols is 2. The number of imidazole rings is 1. The van der Waals surface area contributed by atoms with E-state index in [1.54, 1.807) is 0 Å². The first-order valence-electron chi connectivity index (χ1n) is 19.1. The van der Waals surface area contributed by atoms with Crippen LogP contribution in [0.2, 0.25) is 0 Å². The van der Waals surface area contributed by atoms with Crippen molar-refractivity contribution >= 4 is 83.3 Å².